The highest BCUT2D eigenvalue weighted by atomic mass is 15.4. The minimum atomic E-state index is 0.812. The van der Waals surface area contributed by atoms with E-state index in [1.165, 1.54) is 76.9 Å². The molecule has 23 heavy (non-hydrogen) atoms. The Balaban J connectivity index is 1.19. The van der Waals surface area contributed by atoms with Crippen LogP contribution in [0.1, 0.15) is 37.7 Å². The van der Waals surface area contributed by atoms with Gasteiger partial charge in [-0.1, -0.05) is 49.6 Å². The predicted octanol–water partition coefficient (Wildman–Crippen LogP) is 2.82. The number of piperazine rings is 1. The molecule has 0 unspecified atom stereocenters. The Labute approximate surface area is 141 Å². The second-order valence-corrected chi connectivity index (χ2v) is 7.70. The molecule has 0 bridgehead atoms. The molecule has 4 rings (SSSR count). The second kappa shape index (κ2) is 7.33. The monoisotopic (exact) mass is 313 g/mol. The first kappa shape index (κ1) is 15.6. The number of nitrogens with zero attached hydrogens (tertiary/aromatic N) is 3. The molecule has 2 saturated heterocycles. The lowest BCUT2D eigenvalue weighted by Crippen LogP contribution is -2.63. The maximum Gasteiger partial charge on any atom is 0.0351 e. The van der Waals surface area contributed by atoms with Gasteiger partial charge in [-0.3, -0.25) is 14.7 Å². The first-order valence-corrected chi connectivity index (χ1v) is 9.63. The Morgan fingerprint density at radius 3 is 2.00 bits per heavy atom. The summed E-state index contributed by atoms with van der Waals surface area (Å²) in [6.45, 7) is 8.84. The van der Waals surface area contributed by atoms with Crippen molar-refractivity contribution in [2.75, 3.05) is 39.3 Å². The number of hydrogen-bond acceptors (Lipinski definition) is 3. The molecule has 3 fully saturated rings. The van der Waals surface area contributed by atoms with Crippen molar-refractivity contribution >= 4 is 0 Å². The molecule has 1 aliphatic carbocycles. The summed E-state index contributed by atoms with van der Waals surface area (Å²) in [5.74, 6) is 0. The van der Waals surface area contributed by atoms with Crippen molar-refractivity contribution < 1.29 is 0 Å². The van der Waals surface area contributed by atoms with E-state index in [0.717, 1.165) is 18.6 Å². The maximum atomic E-state index is 2.79. The van der Waals surface area contributed by atoms with Crippen LogP contribution in [0.15, 0.2) is 30.3 Å². The van der Waals surface area contributed by atoms with Gasteiger partial charge in [0.15, 0.2) is 0 Å². The molecular formula is C20H31N3. The Bertz CT molecular complexity index is 469. The predicted molar refractivity (Wildman–Crippen MR) is 95.5 cm³/mol. The Hall–Kier alpha value is -0.900. The number of hydrogen-bond donors (Lipinski definition) is 0. The van der Waals surface area contributed by atoms with E-state index in [4.69, 9.17) is 0 Å². The summed E-state index contributed by atoms with van der Waals surface area (Å²) < 4.78 is 0. The van der Waals surface area contributed by atoms with Crippen LogP contribution in [-0.4, -0.2) is 66.1 Å². The van der Waals surface area contributed by atoms with Crippen LogP contribution in [0.4, 0.5) is 0 Å². The largest absolute Gasteiger partial charge is 0.298 e. The van der Waals surface area contributed by atoms with E-state index in [2.05, 4.69) is 45.0 Å². The van der Waals surface area contributed by atoms with Gasteiger partial charge in [0, 0.05) is 57.9 Å². The number of benzene rings is 1. The lowest BCUT2D eigenvalue weighted by atomic mass is 9.93. The highest BCUT2D eigenvalue weighted by Gasteiger charge is 2.34. The Kier molecular flexibility index (Phi) is 4.98. The summed E-state index contributed by atoms with van der Waals surface area (Å²) in [7, 11) is 0. The van der Waals surface area contributed by atoms with Gasteiger partial charge in [-0.15, -0.1) is 0 Å². The minimum absolute atomic E-state index is 0.812. The van der Waals surface area contributed by atoms with E-state index in [9.17, 15) is 0 Å². The summed E-state index contributed by atoms with van der Waals surface area (Å²) in [5, 5.41) is 0. The van der Waals surface area contributed by atoms with Gasteiger partial charge in [0.1, 0.15) is 0 Å². The van der Waals surface area contributed by atoms with Gasteiger partial charge >= 0.3 is 0 Å². The fourth-order valence-corrected chi connectivity index (χ4v) is 4.66. The molecule has 0 radical (unpaired) electrons. The SMILES string of the molecule is c1ccc(CN2CC(N3CCN(C4CCCCC4)CC3)C2)cc1. The molecule has 0 amide bonds. The molecule has 0 N–H and O–H groups in total. The average molecular weight is 313 g/mol. The molecular weight excluding hydrogens is 282 g/mol. The highest BCUT2D eigenvalue weighted by Crippen LogP contribution is 2.25. The number of likely N-dealkylation sites (tertiary alicyclic amines) is 1. The van der Waals surface area contributed by atoms with Crippen molar-refractivity contribution in [2.45, 2.75) is 50.7 Å². The summed E-state index contributed by atoms with van der Waals surface area (Å²) >= 11 is 0. The zero-order valence-electron chi connectivity index (χ0n) is 14.4. The second-order valence-electron chi connectivity index (χ2n) is 7.70. The van der Waals surface area contributed by atoms with Crippen molar-refractivity contribution in [1.82, 2.24) is 14.7 Å². The Morgan fingerprint density at radius 2 is 1.35 bits per heavy atom. The van der Waals surface area contributed by atoms with Gasteiger partial charge in [-0.05, 0) is 18.4 Å². The fourth-order valence-electron chi connectivity index (χ4n) is 4.66. The summed E-state index contributed by atoms with van der Waals surface area (Å²) in [4.78, 5) is 8.13. The molecule has 1 saturated carbocycles. The van der Waals surface area contributed by atoms with E-state index < -0.39 is 0 Å². The van der Waals surface area contributed by atoms with Gasteiger partial charge < -0.3 is 0 Å². The lowest BCUT2D eigenvalue weighted by molar-refractivity contribution is -0.0104. The van der Waals surface area contributed by atoms with Gasteiger partial charge in [-0.2, -0.15) is 0 Å². The summed E-state index contributed by atoms with van der Waals surface area (Å²) in [5.41, 5.74) is 1.45. The first-order chi connectivity index (χ1) is 11.4. The van der Waals surface area contributed by atoms with Crippen LogP contribution in [-0.2, 0) is 6.54 Å². The van der Waals surface area contributed by atoms with Gasteiger partial charge in [0.2, 0.25) is 0 Å². The molecule has 126 valence electrons. The zero-order chi connectivity index (χ0) is 15.5. The quantitative estimate of drug-likeness (QED) is 0.846. The van der Waals surface area contributed by atoms with E-state index >= 15 is 0 Å². The standard InChI is InChI=1S/C20H31N3/c1-3-7-18(8-4-1)15-21-16-20(17-21)23-13-11-22(12-14-23)19-9-5-2-6-10-19/h1,3-4,7-8,19-20H,2,5-6,9-17H2. The van der Waals surface area contributed by atoms with Crippen molar-refractivity contribution in [3.63, 3.8) is 0 Å². The normalized spacial score (nSPS) is 26.3. The lowest BCUT2D eigenvalue weighted by Gasteiger charge is -2.49. The molecule has 1 aromatic carbocycles. The van der Waals surface area contributed by atoms with Crippen molar-refractivity contribution in [2.24, 2.45) is 0 Å². The molecule has 2 heterocycles. The van der Waals surface area contributed by atoms with E-state index in [1.54, 1.807) is 0 Å². The molecule has 0 atom stereocenters. The third kappa shape index (κ3) is 3.78. The van der Waals surface area contributed by atoms with Crippen molar-refractivity contribution in [3.8, 4) is 0 Å². The summed E-state index contributed by atoms with van der Waals surface area (Å²) in [6, 6.07) is 12.6. The van der Waals surface area contributed by atoms with Crippen LogP contribution >= 0.6 is 0 Å². The molecule has 0 spiro atoms. The van der Waals surface area contributed by atoms with Crippen LogP contribution in [0.25, 0.3) is 0 Å². The third-order valence-electron chi connectivity index (χ3n) is 6.14. The number of rotatable bonds is 4. The zero-order valence-corrected chi connectivity index (χ0v) is 14.4. The third-order valence-corrected chi connectivity index (χ3v) is 6.14. The molecule has 3 heteroatoms. The topological polar surface area (TPSA) is 9.72 Å². The minimum Gasteiger partial charge on any atom is -0.298 e. The molecule has 3 aliphatic rings. The van der Waals surface area contributed by atoms with Gasteiger partial charge in [0.05, 0.1) is 0 Å². The molecule has 1 aromatic rings. The smallest absolute Gasteiger partial charge is 0.0351 e. The highest BCUT2D eigenvalue weighted by molar-refractivity contribution is 5.15. The van der Waals surface area contributed by atoms with Gasteiger partial charge in [0.25, 0.3) is 0 Å². The first-order valence-electron chi connectivity index (χ1n) is 9.63. The van der Waals surface area contributed by atoms with Crippen molar-refractivity contribution in [1.29, 1.82) is 0 Å². The maximum absolute atomic E-state index is 2.79. The van der Waals surface area contributed by atoms with Gasteiger partial charge in [-0.25, -0.2) is 0 Å². The average Bonchev–Trinajstić information content (AvgIpc) is 2.60. The molecule has 2 aliphatic heterocycles. The van der Waals surface area contributed by atoms with Crippen LogP contribution in [0.5, 0.6) is 0 Å². The van der Waals surface area contributed by atoms with Crippen LogP contribution in [0.3, 0.4) is 0 Å². The van der Waals surface area contributed by atoms with Crippen LogP contribution < -0.4 is 0 Å². The van der Waals surface area contributed by atoms with Crippen LogP contribution in [0.2, 0.25) is 0 Å². The van der Waals surface area contributed by atoms with Crippen molar-refractivity contribution in [3.05, 3.63) is 35.9 Å². The van der Waals surface area contributed by atoms with E-state index in [0.29, 0.717) is 0 Å². The Morgan fingerprint density at radius 1 is 0.739 bits per heavy atom. The van der Waals surface area contributed by atoms with Crippen LogP contribution in [0, 0.1) is 0 Å². The molecule has 3 nitrogen and oxygen atoms in total. The molecule has 0 aromatic heterocycles. The van der Waals surface area contributed by atoms with E-state index in [1.807, 2.05) is 0 Å². The summed E-state index contributed by atoms with van der Waals surface area (Å²) in [6.07, 6.45) is 7.29. The fraction of sp³-hybridized carbons (Fsp3) is 0.700. The van der Waals surface area contributed by atoms with E-state index in [-0.39, 0.29) is 0 Å².